The van der Waals surface area contributed by atoms with Gasteiger partial charge < -0.3 is 19.9 Å². The van der Waals surface area contributed by atoms with Crippen molar-refractivity contribution in [3.05, 3.63) is 24.0 Å². The lowest BCUT2D eigenvalue weighted by atomic mass is 9.96. The van der Waals surface area contributed by atoms with E-state index >= 15 is 0 Å². The van der Waals surface area contributed by atoms with Crippen molar-refractivity contribution in [1.82, 2.24) is 9.47 Å². The summed E-state index contributed by atoms with van der Waals surface area (Å²) < 4.78 is 7.07. The predicted molar refractivity (Wildman–Crippen MR) is 78.9 cm³/mol. The first-order valence-electron chi connectivity index (χ1n) is 7.21. The topological polar surface area (TPSA) is 77.6 Å². The molecule has 1 aliphatic rings. The Hall–Kier alpha value is -1.82. The van der Waals surface area contributed by atoms with Gasteiger partial charge in [-0.3, -0.25) is 9.59 Å². The molecule has 1 aromatic rings. The maximum atomic E-state index is 12.9. The summed E-state index contributed by atoms with van der Waals surface area (Å²) in [5, 5.41) is 0. The normalized spacial score (nSPS) is 22.0. The van der Waals surface area contributed by atoms with Crippen molar-refractivity contribution in [2.24, 2.45) is 5.73 Å². The summed E-state index contributed by atoms with van der Waals surface area (Å²) in [4.78, 5) is 26.4. The first kappa shape index (κ1) is 15.6. The maximum absolute atomic E-state index is 12.9. The Morgan fingerprint density at radius 2 is 2.19 bits per heavy atom. The summed E-state index contributed by atoms with van der Waals surface area (Å²) in [6.07, 6.45) is 3.17. The minimum Gasteiger partial charge on any atom is -0.382 e. The number of hydrogen-bond acceptors (Lipinski definition) is 3. The van der Waals surface area contributed by atoms with Crippen LogP contribution in [0.25, 0.3) is 0 Å². The van der Waals surface area contributed by atoms with Gasteiger partial charge in [0.2, 0.25) is 5.91 Å². The van der Waals surface area contributed by atoms with Crippen molar-refractivity contribution in [3.63, 3.8) is 0 Å². The van der Waals surface area contributed by atoms with Crippen LogP contribution in [0.1, 0.15) is 43.2 Å². The van der Waals surface area contributed by atoms with E-state index in [2.05, 4.69) is 0 Å². The molecule has 6 heteroatoms. The molecule has 6 nitrogen and oxygen atoms in total. The van der Waals surface area contributed by atoms with Crippen LogP contribution in [0.4, 0.5) is 0 Å². The summed E-state index contributed by atoms with van der Waals surface area (Å²) in [5.74, 6) is -0.667. The van der Waals surface area contributed by atoms with Gasteiger partial charge in [0.1, 0.15) is 11.2 Å². The molecule has 2 N–H and O–H groups in total. The van der Waals surface area contributed by atoms with Gasteiger partial charge in [-0.2, -0.15) is 0 Å². The Morgan fingerprint density at radius 3 is 2.76 bits per heavy atom. The van der Waals surface area contributed by atoms with Gasteiger partial charge in [0.25, 0.3) is 5.91 Å². The van der Waals surface area contributed by atoms with Gasteiger partial charge in [-0.15, -0.1) is 0 Å². The van der Waals surface area contributed by atoms with Gasteiger partial charge in [-0.1, -0.05) is 0 Å². The van der Waals surface area contributed by atoms with E-state index in [4.69, 9.17) is 10.5 Å². The Morgan fingerprint density at radius 1 is 1.48 bits per heavy atom. The molecule has 0 aliphatic carbocycles. The molecule has 2 rings (SSSR count). The first-order chi connectivity index (χ1) is 9.94. The van der Waals surface area contributed by atoms with Crippen LogP contribution in [-0.2, 0) is 9.53 Å². The van der Waals surface area contributed by atoms with Gasteiger partial charge in [0.05, 0.1) is 6.61 Å². The summed E-state index contributed by atoms with van der Waals surface area (Å²) in [6, 6.07) is 3.79. The van der Waals surface area contributed by atoms with Crippen LogP contribution in [0.3, 0.4) is 0 Å². The largest absolute Gasteiger partial charge is 0.382 e. The zero-order valence-electron chi connectivity index (χ0n) is 12.8. The lowest BCUT2D eigenvalue weighted by Gasteiger charge is -2.35. The van der Waals surface area contributed by atoms with Crippen LogP contribution in [0, 0.1) is 0 Å². The summed E-state index contributed by atoms with van der Waals surface area (Å²) in [7, 11) is 1.52. The molecule has 1 aromatic heterocycles. The van der Waals surface area contributed by atoms with Crippen LogP contribution in [0.5, 0.6) is 0 Å². The van der Waals surface area contributed by atoms with E-state index in [0.29, 0.717) is 18.7 Å². The van der Waals surface area contributed by atoms with Crippen molar-refractivity contribution >= 4 is 11.8 Å². The maximum Gasteiger partial charge on any atom is 0.271 e. The Balaban J connectivity index is 2.37. The number of nitrogens with zero attached hydrogens (tertiary/aromatic N) is 2. The number of ether oxygens (including phenoxy) is 1. The standard InChI is InChI=1S/C15H23N3O3/c1-11(2)17-8-4-6-12(17)13(19)18-9-5-7-15(18,10-21-3)14(16)20/h4,6,8,11H,5,7,9-10H2,1-3H3,(H2,16,20). The molecule has 0 aromatic carbocycles. The lowest BCUT2D eigenvalue weighted by molar-refractivity contribution is -0.130. The Bertz CT molecular complexity index is 538. The van der Waals surface area contributed by atoms with E-state index in [0.717, 1.165) is 6.42 Å². The number of rotatable bonds is 5. The van der Waals surface area contributed by atoms with Gasteiger partial charge in [0.15, 0.2) is 0 Å². The second-order valence-corrected chi connectivity index (χ2v) is 5.78. The third-order valence-electron chi connectivity index (χ3n) is 4.13. The quantitative estimate of drug-likeness (QED) is 0.885. The molecule has 1 fully saturated rings. The van der Waals surface area contributed by atoms with E-state index in [1.165, 1.54) is 7.11 Å². The second kappa shape index (κ2) is 5.89. The molecule has 0 saturated carbocycles. The number of amides is 2. The predicted octanol–water partition coefficient (Wildman–Crippen LogP) is 1.18. The Kier molecular flexibility index (Phi) is 4.37. The van der Waals surface area contributed by atoms with Crippen molar-refractivity contribution in [1.29, 1.82) is 0 Å². The molecule has 21 heavy (non-hydrogen) atoms. The minimum atomic E-state index is -1.03. The van der Waals surface area contributed by atoms with Gasteiger partial charge in [0, 0.05) is 25.9 Å². The van der Waals surface area contributed by atoms with Crippen LogP contribution in [0.15, 0.2) is 18.3 Å². The minimum absolute atomic E-state index is 0.135. The first-order valence-corrected chi connectivity index (χ1v) is 7.21. The number of likely N-dealkylation sites (tertiary alicyclic amines) is 1. The van der Waals surface area contributed by atoms with Crippen molar-refractivity contribution in [2.75, 3.05) is 20.3 Å². The highest BCUT2D eigenvalue weighted by Crippen LogP contribution is 2.31. The van der Waals surface area contributed by atoms with E-state index in [9.17, 15) is 9.59 Å². The second-order valence-electron chi connectivity index (χ2n) is 5.78. The van der Waals surface area contributed by atoms with Crippen molar-refractivity contribution in [2.45, 2.75) is 38.3 Å². The molecule has 2 heterocycles. The van der Waals surface area contributed by atoms with Gasteiger partial charge in [-0.25, -0.2) is 0 Å². The van der Waals surface area contributed by atoms with E-state index in [1.807, 2.05) is 30.7 Å². The molecule has 116 valence electrons. The highest BCUT2D eigenvalue weighted by molar-refractivity contribution is 5.98. The molecule has 0 radical (unpaired) electrons. The monoisotopic (exact) mass is 293 g/mol. The number of aromatic nitrogens is 1. The van der Waals surface area contributed by atoms with E-state index in [-0.39, 0.29) is 18.6 Å². The summed E-state index contributed by atoms with van der Waals surface area (Å²) >= 11 is 0. The van der Waals surface area contributed by atoms with Gasteiger partial charge in [-0.05, 0) is 38.8 Å². The van der Waals surface area contributed by atoms with Crippen molar-refractivity contribution < 1.29 is 14.3 Å². The summed E-state index contributed by atoms with van der Waals surface area (Å²) in [6.45, 7) is 4.68. The van der Waals surface area contributed by atoms with Crippen LogP contribution < -0.4 is 5.73 Å². The van der Waals surface area contributed by atoms with Crippen LogP contribution >= 0.6 is 0 Å². The molecule has 1 atom stereocenters. The third kappa shape index (κ3) is 2.55. The molecule has 0 bridgehead atoms. The SMILES string of the molecule is COCC1(C(N)=O)CCCN1C(=O)c1cccn1C(C)C. The average Bonchev–Trinajstić information content (AvgIpc) is 3.05. The number of carbonyl (C=O) groups is 2. The zero-order chi connectivity index (χ0) is 15.6. The Labute approximate surface area is 124 Å². The van der Waals surface area contributed by atoms with E-state index in [1.54, 1.807) is 11.0 Å². The van der Waals surface area contributed by atoms with Gasteiger partial charge >= 0.3 is 0 Å². The number of methoxy groups -OCH3 is 1. The van der Waals surface area contributed by atoms with Crippen LogP contribution in [-0.4, -0.2) is 47.1 Å². The smallest absolute Gasteiger partial charge is 0.271 e. The zero-order valence-corrected chi connectivity index (χ0v) is 12.8. The number of primary amides is 1. The molecule has 2 amide bonds. The number of hydrogen-bond donors (Lipinski definition) is 1. The lowest BCUT2D eigenvalue weighted by Crippen LogP contribution is -2.59. The van der Waals surface area contributed by atoms with E-state index < -0.39 is 11.4 Å². The number of nitrogens with two attached hydrogens (primary N) is 1. The fraction of sp³-hybridized carbons (Fsp3) is 0.600. The number of carbonyl (C=O) groups excluding carboxylic acids is 2. The molecular formula is C15H23N3O3. The molecule has 1 aliphatic heterocycles. The highest BCUT2D eigenvalue weighted by atomic mass is 16.5. The van der Waals surface area contributed by atoms with Crippen LogP contribution in [0.2, 0.25) is 0 Å². The van der Waals surface area contributed by atoms with Crippen molar-refractivity contribution in [3.8, 4) is 0 Å². The highest BCUT2D eigenvalue weighted by Gasteiger charge is 2.49. The molecule has 0 spiro atoms. The fourth-order valence-corrected chi connectivity index (χ4v) is 3.05. The molecular weight excluding hydrogens is 270 g/mol. The molecule has 1 unspecified atom stereocenters. The third-order valence-corrected chi connectivity index (χ3v) is 4.13. The fourth-order valence-electron chi connectivity index (χ4n) is 3.05. The average molecular weight is 293 g/mol. The summed E-state index contributed by atoms with van der Waals surface area (Å²) in [5.41, 5.74) is 5.13. The molecule has 1 saturated heterocycles.